The zero-order valence-electron chi connectivity index (χ0n) is 10.4. The van der Waals surface area contributed by atoms with Gasteiger partial charge in [0, 0.05) is 0 Å². The summed E-state index contributed by atoms with van der Waals surface area (Å²) in [7, 11) is 0. The molecule has 0 spiro atoms. The summed E-state index contributed by atoms with van der Waals surface area (Å²) in [6.07, 6.45) is -5.79. The molecule has 0 unspecified atom stereocenters. The number of aromatic amines is 1. The first kappa shape index (κ1) is 17.0. The number of rotatable bonds is 1. The summed E-state index contributed by atoms with van der Waals surface area (Å²) in [6, 6.07) is 5.24. The molecular formula is C11H3F5LiN4+. The third-order valence-electron chi connectivity index (χ3n) is 2.52. The van der Waals surface area contributed by atoms with Crippen molar-refractivity contribution >= 4 is 11.0 Å². The number of nitriles is 2. The third kappa shape index (κ3) is 2.71. The summed E-state index contributed by atoms with van der Waals surface area (Å²) in [5.41, 5.74) is -0.738. The van der Waals surface area contributed by atoms with E-state index in [0.717, 1.165) is 12.1 Å². The molecule has 0 fully saturated rings. The van der Waals surface area contributed by atoms with E-state index in [0.29, 0.717) is 0 Å². The number of H-pyrrole nitrogens is 1. The zero-order valence-corrected chi connectivity index (χ0v) is 10.4. The molecule has 0 aliphatic heterocycles. The van der Waals surface area contributed by atoms with Gasteiger partial charge in [-0.25, -0.2) is 4.98 Å². The van der Waals surface area contributed by atoms with Gasteiger partial charge in [-0.3, -0.25) is 0 Å². The molecule has 4 nitrogen and oxygen atoms in total. The van der Waals surface area contributed by atoms with E-state index < -0.39 is 17.9 Å². The van der Waals surface area contributed by atoms with E-state index in [4.69, 9.17) is 10.5 Å². The van der Waals surface area contributed by atoms with E-state index in [1.165, 1.54) is 0 Å². The molecule has 0 saturated carbocycles. The first-order valence-electron chi connectivity index (χ1n) is 4.99. The maximum absolute atomic E-state index is 13.1. The smallest absolute Gasteiger partial charge is 0.337 e. The molecule has 0 bridgehead atoms. The number of fused-ring (bicyclic) bond motifs is 1. The van der Waals surface area contributed by atoms with Crippen LogP contribution in [0.25, 0.3) is 11.0 Å². The molecule has 1 aromatic carbocycles. The van der Waals surface area contributed by atoms with Gasteiger partial charge in [-0.05, 0) is 12.1 Å². The average Bonchev–Trinajstić information content (AvgIpc) is 2.78. The van der Waals surface area contributed by atoms with Crippen molar-refractivity contribution in [1.29, 1.82) is 10.5 Å². The number of hydrogen-bond acceptors (Lipinski definition) is 3. The van der Waals surface area contributed by atoms with Gasteiger partial charge in [0.05, 0.1) is 22.2 Å². The van der Waals surface area contributed by atoms with Gasteiger partial charge < -0.3 is 4.98 Å². The normalized spacial score (nSPS) is 11.6. The van der Waals surface area contributed by atoms with Crippen molar-refractivity contribution in [2.75, 3.05) is 0 Å². The molecule has 1 heterocycles. The van der Waals surface area contributed by atoms with Crippen LogP contribution in [-0.4, -0.2) is 16.1 Å². The molecule has 102 valence electrons. The summed E-state index contributed by atoms with van der Waals surface area (Å²) < 4.78 is 62.9. The van der Waals surface area contributed by atoms with Crippen LogP contribution in [0.2, 0.25) is 0 Å². The number of aromatic nitrogens is 2. The standard InChI is InChI=1S/C11H3F5N4.Li/c12-10(13,11(14,15)16)9-19-7-1-5(3-17)6(4-18)2-8(7)20-9;/h1-2H,(H,19,20);/q;+1. The Labute approximate surface area is 126 Å². The van der Waals surface area contributed by atoms with Gasteiger partial charge in [-0.15, -0.1) is 0 Å². The van der Waals surface area contributed by atoms with Crippen LogP contribution in [0.5, 0.6) is 0 Å². The minimum Gasteiger partial charge on any atom is -0.337 e. The molecule has 2 aromatic rings. The van der Waals surface area contributed by atoms with Gasteiger partial charge in [-0.1, -0.05) is 0 Å². The van der Waals surface area contributed by atoms with E-state index in [1.807, 2.05) is 4.98 Å². The Morgan fingerprint density at radius 1 is 1.00 bits per heavy atom. The second-order valence-electron chi connectivity index (χ2n) is 3.80. The van der Waals surface area contributed by atoms with Crippen molar-refractivity contribution in [2.24, 2.45) is 0 Å². The van der Waals surface area contributed by atoms with Crippen molar-refractivity contribution in [2.45, 2.75) is 12.1 Å². The zero-order chi connectivity index (χ0) is 15.1. The second-order valence-corrected chi connectivity index (χ2v) is 3.80. The van der Waals surface area contributed by atoms with E-state index in [2.05, 4.69) is 4.98 Å². The SMILES string of the molecule is N#Cc1cc2nc(C(F)(F)C(F)(F)F)[nH]c2cc1C#N.[Li+]. The number of nitrogens with one attached hydrogen (secondary N) is 1. The molecular weight excluding hydrogens is 290 g/mol. The first-order valence-corrected chi connectivity index (χ1v) is 4.99. The molecule has 0 aliphatic rings. The van der Waals surface area contributed by atoms with Gasteiger partial charge in [0.25, 0.3) is 0 Å². The number of benzene rings is 1. The Morgan fingerprint density at radius 3 is 2.00 bits per heavy atom. The van der Waals surface area contributed by atoms with Crippen LogP contribution in [0.4, 0.5) is 22.0 Å². The minimum absolute atomic E-state index is 0. The van der Waals surface area contributed by atoms with Gasteiger partial charge in [0.15, 0.2) is 5.82 Å². The Balaban J connectivity index is 0.00000220. The van der Waals surface area contributed by atoms with E-state index in [1.54, 1.807) is 12.1 Å². The van der Waals surface area contributed by atoms with Crippen molar-refractivity contribution in [3.63, 3.8) is 0 Å². The van der Waals surface area contributed by atoms with Crippen LogP contribution < -0.4 is 18.9 Å². The molecule has 1 aromatic heterocycles. The third-order valence-corrected chi connectivity index (χ3v) is 2.52. The summed E-state index contributed by atoms with van der Waals surface area (Å²) in [5, 5.41) is 17.5. The van der Waals surface area contributed by atoms with Gasteiger partial charge >= 0.3 is 31.0 Å². The molecule has 0 aliphatic carbocycles. The van der Waals surface area contributed by atoms with Crippen LogP contribution in [-0.2, 0) is 5.92 Å². The quantitative estimate of drug-likeness (QED) is 0.592. The summed E-state index contributed by atoms with van der Waals surface area (Å²) in [6.45, 7) is 0. The predicted octanol–water partition coefficient (Wildman–Crippen LogP) is -0.0356. The monoisotopic (exact) mass is 293 g/mol. The largest absolute Gasteiger partial charge is 1.00 e. The maximum atomic E-state index is 13.1. The molecule has 21 heavy (non-hydrogen) atoms. The molecule has 10 heteroatoms. The van der Waals surface area contributed by atoms with Gasteiger partial charge in [0.2, 0.25) is 0 Å². The number of nitrogens with zero attached hydrogens (tertiary/aromatic N) is 3. The number of halogens is 5. The average molecular weight is 293 g/mol. The van der Waals surface area contributed by atoms with Crippen molar-refractivity contribution in [3.8, 4) is 12.1 Å². The fraction of sp³-hybridized carbons (Fsp3) is 0.182. The molecule has 0 amide bonds. The number of imidazole rings is 1. The van der Waals surface area contributed by atoms with Crippen LogP contribution in [0.1, 0.15) is 17.0 Å². The Hall–Kier alpha value is -2.08. The maximum Gasteiger partial charge on any atom is 1.00 e. The van der Waals surface area contributed by atoms with Crippen LogP contribution >= 0.6 is 0 Å². The molecule has 0 radical (unpaired) electrons. The van der Waals surface area contributed by atoms with Crippen molar-refractivity contribution < 1.29 is 40.8 Å². The Morgan fingerprint density at radius 2 is 1.52 bits per heavy atom. The summed E-state index contributed by atoms with van der Waals surface area (Å²) >= 11 is 0. The fourth-order valence-corrected chi connectivity index (χ4v) is 1.52. The van der Waals surface area contributed by atoms with Crippen LogP contribution in [0.15, 0.2) is 12.1 Å². The summed E-state index contributed by atoms with van der Waals surface area (Å²) in [5.74, 6) is -6.73. The minimum atomic E-state index is -5.79. The topological polar surface area (TPSA) is 76.3 Å². The Kier molecular flexibility index (Phi) is 4.34. The van der Waals surface area contributed by atoms with E-state index >= 15 is 0 Å². The summed E-state index contributed by atoms with van der Waals surface area (Å²) in [4.78, 5) is 4.98. The van der Waals surface area contributed by atoms with Gasteiger partial charge in [-0.2, -0.15) is 32.5 Å². The van der Waals surface area contributed by atoms with Crippen molar-refractivity contribution in [3.05, 3.63) is 29.1 Å². The fourth-order valence-electron chi connectivity index (χ4n) is 1.52. The van der Waals surface area contributed by atoms with Gasteiger partial charge in [0.1, 0.15) is 12.1 Å². The second kappa shape index (κ2) is 5.36. The first-order chi connectivity index (χ1) is 9.20. The van der Waals surface area contributed by atoms with E-state index in [-0.39, 0.29) is 41.0 Å². The van der Waals surface area contributed by atoms with Crippen LogP contribution in [0, 0.1) is 22.7 Å². The molecule has 0 atom stereocenters. The number of hydrogen-bond donors (Lipinski definition) is 1. The molecule has 2 rings (SSSR count). The van der Waals surface area contributed by atoms with Crippen molar-refractivity contribution in [1.82, 2.24) is 9.97 Å². The Bertz CT molecular complexity index is 715. The van der Waals surface area contributed by atoms with E-state index in [9.17, 15) is 22.0 Å². The number of alkyl halides is 5. The predicted molar refractivity (Wildman–Crippen MR) is 55.5 cm³/mol. The molecule has 1 N–H and O–H groups in total. The van der Waals surface area contributed by atoms with Crippen LogP contribution in [0.3, 0.4) is 0 Å². The molecule has 0 saturated heterocycles.